The number of methoxy groups -OCH3 is 1. The molecule has 2 N–H and O–H groups in total. The number of piperidine rings is 1. The van der Waals surface area contributed by atoms with E-state index in [1.807, 2.05) is 12.1 Å². The van der Waals surface area contributed by atoms with Crippen molar-refractivity contribution in [3.05, 3.63) is 69.9 Å². The van der Waals surface area contributed by atoms with E-state index >= 15 is 0 Å². The lowest BCUT2D eigenvalue weighted by Crippen LogP contribution is -2.54. The van der Waals surface area contributed by atoms with Crippen LogP contribution in [0.4, 0.5) is 4.39 Å². The van der Waals surface area contributed by atoms with Gasteiger partial charge in [-0.15, -0.1) is 0 Å². The molecule has 2 aromatic carbocycles. The average Bonchev–Trinajstić information content (AvgIpc) is 2.82. The molecule has 0 spiro atoms. The molecule has 1 fully saturated rings. The van der Waals surface area contributed by atoms with Crippen LogP contribution in [-0.4, -0.2) is 62.0 Å². The second kappa shape index (κ2) is 11.9. The standard InChI is InChI=1S/C24H27BrFN3O4/c1-33-14-11-27-23(31)21(28-22(30)17-5-7-20(26)8-6-17)16-9-12-29(13-10-16)24(32)18-3-2-4-19(25)15-18/h2-8,15-16,21H,9-14H2,1H3,(H,27,31)(H,28,30)/t21-/m0/s1. The second-order valence-corrected chi connectivity index (χ2v) is 8.80. The quantitative estimate of drug-likeness (QED) is 0.524. The maximum absolute atomic E-state index is 13.2. The van der Waals surface area contributed by atoms with Crippen molar-refractivity contribution >= 4 is 33.7 Å². The highest BCUT2D eigenvalue weighted by atomic mass is 79.9. The highest BCUT2D eigenvalue weighted by Crippen LogP contribution is 2.24. The first-order valence-electron chi connectivity index (χ1n) is 10.8. The fourth-order valence-corrected chi connectivity index (χ4v) is 4.25. The average molecular weight is 520 g/mol. The molecule has 0 bridgehead atoms. The Kier molecular flexibility index (Phi) is 8.96. The number of hydrogen-bond acceptors (Lipinski definition) is 4. The van der Waals surface area contributed by atoms with Gasteiger partial charge in [0.1, 0.15) is 11.9 Å². The van der Waals surface area contributed by atoms with Crippen LogP contribution in [0, 0.1) is 11.7 Å². The van der Waals surface area contributed by atoms with Crippen LogP contribution in [0.3, 0.4) is 0 Å². The minimum absolute atomic E-state index is 0.0637. The normalized spacial score (nSPS) is 15.1. The molecule has 0 aliphatic carbocycles. The molecule has 176 valence electrons. The van der Waals surface area contributed by atoms with E-state index in [0.717, 1.165) is 4.47 Å². The third-order valence-electron chi connectivity index (χ3n) is 5.65. The number of rotatable bonds is 8. The number of halogens is 2. The van der Waals surface area contributed by atoms with Crippen molar-refractivity contribution in [2.45, 2.75) is 18.9 Å². The lowest BCUT2D eigenvalue weighted by Gasteiger charge is -2.36. The Bertz CT molecular complexity index is 978. The lowest BCUT2D eigenvalue weighted by atomic mass is 9.88. The Morgan fingerprint density at radius 1 is 1.12 bits per heavy atom. The maximum Gasteiger partial charge on any atom is 0.253 e. The van der Waals surface area contributed by atoms with Crippen molar-refractivity contribution in [3.63, 3.8) is 0 Å². The Morgan fingerprint density at radius 3 is 2.45 bits per heavy atom. The maximum atomic E-state index is 13.2. The molecule has 0 radical (unpaired) electrons. The zero-order chi connectivity index (χ0) is 23.8. The molecule has 3 amide bonds. The van der Waals surface area contributed by atoms with Crippen molar-refractivity contribution in [3.8, 4) is 0 Å². The van der Waals surface area contributed by atoms with Gasteiger partial charge in [0, 0.05) is 42.3 Å². The van der Waals surface area contributed by atoms with E-state index in [-0.39, 0.29) is 23.3 Å². The molecule has 1 aliphatic rings. The zero-order valence-corrected chi connectivity index (χ0v) is 19.9. The summed E-state index contributed by atoms with van der Waals surface area (Å²) in [6.07, 6.45) is 1.12. The van der Waals surface area contributed by atoms with Gasteiger partial charge in [0.15, 0.2) is 0 Å². The number of likely N-dealkylation sites (tertiary alicyclic amines) is 1. The van der Waals surface area contributed by atoms with Crippen LogP contribution >= 0.6 is 15.9 Å². The predicted octanol–water partition coefficient (Wildman–Crippen LogP) is 3.00. The topological polar surface area (TPSA) is 87.7 Å². The number of amides is 3. The summed E-state index contributed by atoms with van der Waals surface area (Å²) in [5.41, 5.74) is 0.870. The van der Waals surface area contributed by atoms with Gasteiger partial charge in [-0.05, 0) is 61.2 Å². The summed E-state index contributed by atoms with van der Waals surface area (Å²) in [4.78, 5) is 40.2. The Hall–Kier alpha value is -2.78. The molecule has 9 heteroatoms. The van der Waals surface area contributed by atoms with Crippen molar-refractivity contribution in [1.82, 2.24) is 15.5 Å². The van der Waals surface area contributed by atoms with Crippen molar-refractivity contribution in [2.75, 3.05) is 33.4 Å². The zero-order valence-electron chi connectivity index (χ0n) is 18.4. The predicted molar refractivity (Wildman–Crippen MR) is 125 cm³/mol. The van der Waals surface area contributed by atoms with Crippen molar-refractivity contribution < 1.29 is 23.5 Å². The second-order valence-electron chi connectivity index (χ2n) is 7.88. The summed E-state index contributed by atoms with van der Waals surface area (Å²) in [6, 6.07) is 11.6. The van der Waals surface area contributed by atoms with Crippen LogP contribution in [-0.2, 0) is 9.53 Å². The summed E-state index contributed by atoms with van der Waals surface area (Å²) in [5.74, 6) is -1.41. The molecule has 0 aromatic heterocycles. The number of carbonyl (C=O) groups excluding carboxylic acids is 3. The van der Waals surface area contributed by atoms with Gasteiger partial charge >= 0.3 is 0 Å². The molecule has 3 rings (SSSR count). The minimum Gasteiger partial charge on any atom is -0.383 e. The Balaban J connectivity index is 1.67. The third-order valence-corrected chi connectivity index (χ3v) is 6.14. The number of carbonyl (C=O) groups is 3. The van der Waals surface area contributed by atoms with Gasteiger partial charge in [0.25, 0.3) is 11.8 Å². The number of nitrogens with zero attached hydrogens (tertiary/aromatic N) is 1. The fourth-order valence-electron chi connectivity index (χ4n) is 3.85. The van der Waals surface area contributed by atoms with Crippen LogP contribution in [0.2, 0.25) is 0 Å². The molecule has 7 nitrogen and oxygen atoms in total. The van der Waals surface area contributed by atoms with Crippen LogP contribution in [0.1, 0.15) is 33.6 Å². The molecule has 1 aliphatic heterocycles. The molecular weight excluding hydrogens is 493 g/mol. The number of hydrogen-bond donors (Lipinski definition) is 2. The summed E-state index contributed by atoms with van der Waals surface area (Å²) in [6.45, 7) is 1.62. The minimum atomic E-state index is -0.775. The van der Waals surface area contributed by atoms with Gasteiger partial charge in [-0.1, -0.05) is 22.0 Å². The van der Waals surface area contributed by atoms with Crippen LogP contribution in [0.25, 0.3) is 0 Å². The van der Waals surface area contributed by atoms with Gasteiger partial charge in [0.05, 0.1) is 6.61 Å². The van der Waals surface area contributed by atoms with E-state index < -0.39 is 17.8 Å². The lowest BCUT2D eigenvalue weighted by molar-refractivity contribution is -0.124. The fraction of sp³-hybridized carbons (Fsp3) is 0.375. The molecule has 1 saturated heterocycles. The molecular formula is C24H27BrFN3O4. The highest BCUT2D eigenvalue weighted by molar-refractivity contribution is 9.10. The van der Waals surface area contributed by atoms with Gasteiger partial charge in [-0.2, -0.15) is 0 Å². The largest absolute Gasteiger partial charge is 0.383 e. The molecule has 2 aromatic rings. The number of benzene rings is 2. The van der Waals surface area contributed by atoms with E-state index in [1.54, 1.807) is 17.0 Å². The van der Waals surface area contributed by atoms with E-state index in [2.05, 4.69) is 26.6 Å². The molecule has 33 heavy (non-hydrogen) atoms. The monoisotopic (exact) mass is 519 g/mol. The van der Waals surface area contributed by atoms with E-state index in [4.69, 9.17) is 4.74 Å². The molecule has 0 unspecified atom stereocenters. The Morgan fingerprint density at radius 2 is 1.82 bits per heavy atom. The smallest absolute Gasteiger partial charge is 0.253 e. The first-order valence-corrected chi connectivity index (χ1v) is 11.6. The van der Waals surface area contributed by atoms with Crippen LogP contribution in [0.5, 0.6) is 0 Å². The van der Waals surface area contributed by atoms with Gasteiger partial charge in [-0.3, -0.25) is 14.4 Å². The molecule has 0 saturated carbocycles. The number of ether oxygens (including phenoxy) is 1. The van der Waals surface area contributed by atoms with Crippen LogP contribution in [0.15, 0.2) is 53.0 Å². The highest BCUT2D eigenvalue weighted by Gasteiger charge is 2.34. The third kappa shape index (κ3) is 6.85. The van der Waals surface area contributed by atoms with Gasteiger partial charge < -0.3 is 20.3 Å². The van der Waals surface area contributed by atoms with Crippen LogP contribution < -0.4 is 10.6 Å². The summed E-state index contributed by atoms with van der Waals surface area (Å²) in [7, 11) is 1.54. The molecule has 1 atom stereocenters. The van der Waals surface area contributed by atoms with Gasteiger partial charge in [0.2, 0.25) is 5.91 Å². The summed E-state index contributed by atoms with van der Waals surface area (Å²) in [5, 5.41) is 5.60. The van der Waals surface area contributed by atoms with E-state index in [0.29, 0.717) is 44.6 Å². The summed E-state index contributed by atoms with van der Waals surface area (Å²) >= 11 is 3.39. The SMILES string of the molecule is COCCNC(=O)[C@@H](NC(=O)c1ccc(F)cc1)C1CCN(C(=O)c2cccc(Br)c2)CC1. The summed E-state index contributed by atoms with van der Waals surface area (Å²) < 4.78 is 19.0. The van der Waals surface area contributed by atoms with E-state index in [1.165, 1.54) is 31.4 Å². The first-order chi connectivity index (χ1) is 15.9. The van der Waals surface area contributed by atoms with Crippen molar-refractivity contribution in [1.29, 1.82) is 0 Å². The molecule has 1 heterocycles. The number of nitrogens with one attached hydrogen (secondary N) is 2. The Labute approximate surface area is 200 Å². The van der Waals surface area contributed by atoms with Crippen molar-refractivity contribution in [2.24, 2.45) is 5.92 Å². The van der Waals surface area contributed by atoms with Gasteiger partial charge in [-0.25, -0.2) is 4.39 Å². The van der Waals surface area contributed by atoms with E-state index in [9.17, 15) is 18.8 Å². The first kappa shape index (κ1) is 24.9.